The maximum Gasteiger partial charge on any atom is 0.291 e. The zero-order valence-electron chi connectivity index (χ0n) is 15.8. The van der Waals surface area contributed by atoms with Gasteiger partial charge < -0.3 is 9.73 Å². The number of halogens is 1. The van der Waals surface area contributed by atoms with E-state index >= 15 is 0 Å². The van der Waals surface area contributed by atoms with Crippen LogP contribution in [0.4, 0.5) is 11.4 Å². The Kier molecular flexibility index (Phi) is 5.81. The number of carbonyl (C=O) groups excluding carboxylic acids is 1. The van der Waals surface area contributed by atoms with Crippen LogP contribution < -0.4 is 10.0 Å². The Hall–Kier alpha value is -2.32. The van der Waals surface area contributed by atoms with E-state index in [0.717, 1.165) is 15.4 Å². The van der Waals surface area contributed by atoms with Gasteiger partial charge in [-0.3, -0.25) is 9.52 Å². The molecule has 6 nitrogen and oxygen atoms in total. The summed E-state index contributed by atoms with van der Waals surface area (Å²) in [5, 5.41) is 3.68. The van der Waals surface area contributed by atoms with E-state index in [-0.39, 0.29) is 17.4 Å². The van der Waals surface area contributed by atoms with E-state index < -0.39 is 10.0 Å². The number of benzene rings is 2. The summed E-state index contributed by atoms with van der Waals surface area (Å²) in [7, 11) is -3.42. The van der Waals surface area contributed by atoms with Gasteiger partial charge in [-0.2, -0.15) is 0 Å². The van der Waals surface area contributed by atoms with Crippen molar-refractivity contribution in [3.63, 3.8) is 0 Å². The molecule has 1 aromatic heterocycles. The minimum atomic E-state index is -3.42. The molecule has 3 rings (SSSR count). The van der Waals surface area contributed by atoms with E-state index in [2.05, 4.69) is 26.0 Å². The molecule has 148 valence electrons. The molecule has 0 aliphatic heterocycles. The van der Waals surface area contributed by atoms with Crippen molar-refractivity contribution in [3.8, 4) is 0 Å². The monoisotopic (exact) mass is 464 g/mol. The molecule has 0 aliphatic carbocycles. The van der Waals surface area contributed by atoms with Crippen molar-refractivity contribution in [1.29, 1.82) is 0 Å². The van der Waals surface area contributed by atoms with Gasteiger partial charge in [-0.05, 0) is 56.2 Å². The molecule has 0 radical (unpaired) electrons. The molecule has 0 saturated heterocycles. The number of fused-ring (bicyclic) bond motifs is 1. The summed E-state index contributed by atoms with van der Waals surface area (Å²) in [4.78, 5) is 12.8. The summed E-state index contributed by atoms with van der Waals surface area (Å²) in [6, 6.07) is 10.6. The van der Waals surface area contributed by atoms with E-state index in [1.165, 1.54) is 0 Å². The van der Waals surface area contributed by atoms with Crippen molar-refractivity contribution in [1.82, 2.24) is 0 Å². The highest BCUT2D eigenvalue weighted by molar-refractivity contribution is 9.10. The van der Waals surface area contributed by atoms with Crippen LogP contribution >= 0.6 is 15.9 Å². The molecule has 0 spiro atoms. The van der Waals surface area contributed by atoms with Gasteiger partial charge in [0.15, 0.2) is 5.76 Å². The van der Waals surface area contributed by atoms with Gasteiger partial charge in [-0.15, -0.1) is 0 Å². The van der Waals surface area contributed by atoms with Gasteiger partial charge in [0.25, 0.3) is 5.91 Å². The number of nitrogens with one attached hydrogen (secondary N) is 2. The number of amides is 1. The van der Waals surface area contributed by atoms with Crippen molar-refractivity contribution in [2.45, 2.75) is 27.2 Å². The summed E-state index contributed by atoms with van der Waals surface area (Å²) in [6.07, 6.45) is 0.520. The Bertz CT molecular complexity index is 1150. The molecule has 0 fully saturated rings. The zero-order valence-corrected chi connectivity index (χ0v) is 18.2. The first kappa shape index (κ1) is 20.4. The predicted octanol–water partition coefficient (Wildman–Crippen LogP) is 5.22. The average molecular weight is 465 g/mol. The van der Waals surface area contributed by atoms with Crippen LogP contribution in [0.3, 0.4) is 0 Å². The first-order valence-corrected chi connectivity index (χ1v) is 11.3. The summed E-state index contributed by atoms with van der Waals surface area (Å²) in [5.41, 5.74) is 2.96. The maximum absolute atomic E-state index is 12.8. The fraction of sp³-hybridized carbons (Fsp3) is 0.250. The van der Waals surface area contributed by atoms with Crippen LogP contribution in [0.2, 0.25) is 0 Å². The van der Waals surface area contributed by atoms with E-state index in [9.17, 15) is 13.2 Å². The first-order valence-electron chi connectivity index (χ1n) is 8.82. The van der Waals surface area contributed by atoms with Gasteiger partial charge in [-0.25, -0.2) is 8.42 Å². The molecule has 0 atom stereocenters. The number of anilines is 2. The Morgan fingerprint density at radius 2 is 1.82 bits per heavy atom. The minimum absolute atomic E-state index is 0.0385. The summed E-state index contributed by atoms with van der Waals surface area (Å²) < 4.78 is 33.3. The third-order valence-corrected chi connectivity index (χ3v) is 6.39. The quantitative estimate of drug-likeness (QED) is 0.523. The second-order valence-electron chi connectivity index (χ2n) is 6.55. The maximum atomic E-state index is 12.8. The molecule has 0 saturated carbocycles. The van der Waals surface area contributed by atoms with Gasteiger partial charge in [0.05, 0.1) is 11.4 Å². The molecule has 2 N–H and O–H groups in total. The SMILES string of the molecule is CCCS(=O)(=O)Nc1cccc(NC(=O)c2oc3ccc(Br)cc3c2C)c1C. The molecule has 28 heavy (non-hydrogen) atoms. The smallest absolute Gasteiger partial charge is 0.291 e. The van der Waals surface area contributed by atoms with Crippen LogP contribution in [0.25, 0.3) is 11.0 Å². The largest absolute Gasteiger partial charge is 0.451 e. The fourth-order valence-electron chi connectivity index (χ4n) is 2.96. The van der Waals surface area contributed by atoms with Crippen molar-refractivity contribution in [2.24, 2.45) is 0 Å². The van der Waals surface area contributed by atoms with Gasteiger partial charge in [0, 0.05) is 21.1 Å². The number of hydrogen-bond acceptors (Lipinski definition) is 4. The van der Waals surface area contributed by atoms with E-state index in [0.29, 0.717) is 28.9 Å². The minimum Gasteiger partial charge on any atom is -0.451 e. The molecule has 0 unspecified atom stereocenters. The van der Waals surface area contributed by atoms with E-state index in [1.54, 1.807) is 38.1 Å². The normalized spacial score (nSPS) is 11.6. The highest BCUT2D eigenvalue weighted by Gasteiger charge is 2.19. The Labute approximate surface area is 172 Å². The van der Waals surface area contributed by atoms with Gasteiger partial charge in [-0.1, -0.05) is 28.9 Å². The van der Waals surface area contributed by atoms with Crippen LogP contribution in [0.5, 0.6) is 0 Å². The lowest BCUT2D eigenvalue weighted by Crippen LogP contribution is -2.18. The Morgan fingerprint density at radius 1 is 1.11 bits per heavy atom. The summed E-state index contributed by atoms with van der Waals surface area (Å²) in [5.74, 6) is -0.123. The van der Waals surface area contributed by atoms with E-state index in [1.807, 2.05) is 19.1 Å². The lowest BCUT2D eigenvalue weighted by molar-refractivity contribution is 0.0998. The predicted molar refractivity (Wildman–Crippen MR) is 115 cm³/mol. The number of furan rings is 1. The molecule has 1 heterocycles. The van der Waals surface area contributed by atoms with Crippen molar-refractivity contribution < 1.29 is 17.6 Å². The van der Waals surface area contributed by atoms with Gasteiger partial charge in [0.1, 0.15) is 5.58 Å². The Balaban J connectivity index is 1.89. The molecule has 0 bridgehead atoms. The third-order valence-electron chi connectivity index (χ3n) is 4.42. The van der Waals surface area contributed by atoms with Crippen LogP contribution in [0.1, 0.15) is 35.0 Å². The average Bonchev–Trinajstić information content (AvgIpc) is 2.94. The standard InChI is InChI=1S/C20H21BrN2O4S/c1-4-10-28(25,26)23-17-7-5-6-16(13(17)3)22-20(24)19-12(2)15-11-14(21)8-9-18(15)27-19/h5-9,11,23H,4,10H2,1-3H3,(H,22,24). The van der Waals surface area contributed by atoms with Crippen LogP contribution in [0.15, 0.2) is 45.3 Å². The number of rotatable bonds is 6. The van der Waals surface area contributed by atoms with Crippen molar-refractivity contribution >= 4 is 54.2 Å². The van der Waals surface area contributed by atoms with Gasteiger partial charge in [0.2, 0.25) is 10.0 Å². The third kappa shape index (κ3) is 4.23. The number of carbonyl (C=O) groups is 1. The molecular weight excluding hydrogens is 444 g/mol. The van der Waals surface area contributed by atoms with Crippen LogP contribution in [-0.4, -0.2) is 20.1 Å². The summed E-state index contributed by atoms with van der Waals surface area (Å²) in [6.45, 7) is 5.38. The fourth-order valence-corrected chi connectivity index (χ4v) is 4.51. The molecule has 3 aromatic rings. The van der Waals surface area contributed by atoms with Gasteiger partial charge >= 0.3 is 0 Å². The van der Waals surface area contributed by atoms with Crippen molar-refractivity contribution in [2.75, 3.05) is 15.8 Å². The highest BCUT2D eigenvalue weighted by Crippen LogP contribution is 2.30. The number of hydrogen-bond donors (Lipinski definition) is 2. The second kappa shape index (κ2) is 7.97. The lowest BCUT2D eigenvalue weighted by atomic mass is 10.1. The van der Waals surface area contributed by atoms with Crippen LogP contribution in [-0.2, 0) is 10.0 Å². The van der Waals surface area contributed by atoms with Crippen LogP contribution in [0, 0.1) is 13.8 Å². The van der Waals surface area contributed by atoms with E-state index in [4.69, 9.17) is 4.42 Å². The van der Waals surface area contributed by atoms with Crippen molar-refractivity contribution in [3.05, 3.63) is 57.8 Å². The summed E-state index contributed by atoms with van der Waals surface area (Å²) >= 11 is 3.42. The topological polar surface area (TPSA) is 88.4 Å². The molecule has 0 aliphatic rings. The second-order valence-corrected chi connectivity index (χ2v) is 9.31. The first-order chi connectivity index (χ1) is 13.2. The highest BCUT2D eigenvalue weighted by atomic mass is 79.9. The number of sulfonamides is 1. The zero-order chi connectivity index (χ0) is 20.5. The molecule has 8 heteroatoms. The lowest BCUT2D eigenvalue weighted by Gasteiger charge is -2.14. The molecule has 1 amide bonds. The molecular formula is C20H21BrN2O4S. The number of aryl methyl sites for hydroxylation is 1. The Morgan fingerprint density at radius 3 is 2.54 bits per heavy atom. The molecule has 2 aromatic carbocycles.